The van der Waals surface area contributed by atoms with Crippen molar-refractivity contribution in [2.75, 3.05) is 0 Å². The summed E-state index contributed by atoms with van der Waals surface area (Å²) in [7, 11) is 0. The van der Waals surface area contributed by atoms with Crippen LogP contribution in [0.15, 0.2) is 150 Å². The van der Waals surface area contributed by atoms with Gasteiger partial charge in [-0.2, -0.15) is 0 Å². The zero-order valence-electron chi connectivity index (χ0n) is 32.9. The molecule has 0 spiro atoms. The number of para-hydroxylation sites is 1. The third kappa shape index (κ3) is 6.18. The molecule has 265 valence electrons. The molecule has 0 bridgehead atoms. The van der Waals surface area contributed by atoms with Gasteiger partial charge in [-0.05, 0) is 51.8 Å². The van der Waals surface area contributed by atoms with Gasteiger partial charge < -0.3 is 14.0 Å². The fraction of sp³-hybridized carbons (Fsp3) is 0.104. The van der Waals surface area contributed by atoms with Crippen LogP contribution < -0.4 is 0 Å². The molecular weight excluding hydrogens is 841 g/mol. The minimum absolute atomic E-state index is 0. The average Bonchev–Trinajstić information content (AvgIpc) is 3.80. The number of aromatic nitrogens is 4. The Kier molecular flexibility index (Phi) is 8.26. The molecule has 0 saturated heterocycles. The van der Waals surface area contributed by atoms with E-state index in [1.54, 1.807) is 18.2 Å². The first-order valence-electron chi connectivity index (χ1n) is 19.1. The van der Waals surface area contributed by atoms with Crippen LogP contribution >= 0.6 is 0 Å². The molecule has 10 rings (SSSR count). The molecule has 0 aliphatic carbocycles. The zero-order valence-corrected chi connectivity index (χ0v) is 32.3. The van der Waals surface area contributed by atoms with E-state index in [0.29, 0.717) is 0 Å². The summed E-state index contributed by atoms with van der Waals surface area (Å²) < 4.78 is 30.7. The van der Waals surface area contributed by atoms with E-state index in [-0.39, 0.29) is 31.1 Å². The van der Waals surface area contributed by atoms with Gasteiger partial charge in [-0.15, -0.1) is 54.1 Å². The van der Waals surface area contributed by atoms with E-state index in [4.69, 9.17) is 13.5 Å². The van der Waals surface area contributed by atoms with Crippen molar-refractivity contribution in [1.29, 1.82) is 0 Å². The fourth-order valence-electron chi connectivity index (χ4n) is 7.11. The molecule has 0 aliphatic heterocycles. The number of rotatable bonds is 3. The zero-order chi connectivity index (χ0) is 38.6. The second-order valence-corrected chi connectivity index (χ2v) is 14.1. The first kappa shape index (κ1) is 31.6. The van der Waals surface area contributed by atoms with Gasteiger partial charge in [0.05, 0.1) is 28.6 Å². The molecule has 4 heterocycles. The van der Waals surface area contributed by atoms with Crippen LogP contribution in [0.3, 0.4) is 0 Å². The number of imidazole rings is 1. The molecule has 0 atom stereocenters. The molecule has 1 radical (unpaired) electrons. The van der Waals surface area contributed by atoms with Gasteiger partial charge >= 0.3 is 0 Å². The Hall–Kier alpha value is -5.94. The van der Waals surface area contributed by atoms with E-state index in [1.807, 2.05) is 42.7 Å². The van der Waals surface area contributed by atoms with Gasteiger partial charge in [0, 0.05) is 58.6 Å². The van der Waals surface area contributed by atoms with Gasteiger partial charge in [-0.1, -0.05) is 111 Å². The fourth-order valence-corrected chi connectivity index (χ4v) is 7.11. The molecule has 6 aromatic carbocycles. The second-order valence-electron chi connectivity index (χ2n) is 14.1. The van der Waals surface area contributed by atoms with Gasteiger partial charge in [-0.3, -0.25) is 9.97 Å². The third-order valence-electron chi connectivity index (χ3n) is 9.67. The summed E-state index contributed by atoms with van der Waals surface area (Å²) in [5.41, 5.74) is 8.28. The smallest absolute Gasteiger partial charge is 0.129 e. The minimum atomic E-state index is -2.09. The van der Waals surface area contributed by atoms with Crippen molar-refractivity contribution in [2.45, 2.75) is 33.0 Å². The van der Waals surface area contributed by atoms with Crippen LogP contribution in [0.5, 0.6) is 0 Å². The van der Waals surface area contributed by atoms with Crippen molar-refractivity contribution in [2.24, 2.45) is 0 Å². The molecule has 5 nitrogen and oxygen atoms in total. The number of furan rings is 1. The van der Waals surface area contributed by atoms with Crippen molar-refractivity contribution in [3.8, 4) is 28.3 Å². The molecule has 0 aliphatic rings. The van der Waals surface area contributed by atoms with Gasteiger partial charge in [0.25, 0.3) is 0 Å². The van der Waals surface area contributed by atoms with Gasteiger partial charge in [-0.25, -0.2) is 0 Å². The molecule has 4 aromatic heterocycles. The quantitative estimate of drug-likeness (QED) is 0.131. The predicted octanol–water partition coefficient (Wildman–Crippen LogP) is 12.2. The number of hydrogen-bond acceptors (Lipinski definition) is 4. The number of aryl methyl sites for hydroxylation is 1. The normalized spacial score (nSPS) is 12.6. The molecule has 0 unspecified atom stereocenters. The molecule has 6 heteroatoms. The Labute approximate surface area is 331 Å². The molecular formula is C48H36IrN4O-2. The summed E-state index contributed by atoms with van der Waals surface area (Å²) in [6.07, 6.45) is 5.24. The Balaban J connectivity index is 0.000000226. The maximum Gasteiger partial charge on any atom is 0.129 e. The monoisotopic (exact) mass is 880 g/mol. The average molecular weight is 880 g/mol. The molecule has 0 N–H and O–H groups in total. The van der Waals surface area contributed by atoms with Gasteiger partial charge in [0.15, 0.2) is 0 Å². The summed E-state index contributed by atoms with van der Waals surface area (Å²) >= 11 is 0. The van der Waals surface area contributed by atoms with Gasteiger partial charge in [0.2, 0.25) is 0 Å². The summed E-state index contributed by atoms with van der Waals surface area (Å²) in [6.45, 7) is 4.51. The van der Waals surface area contributed by atoms with Crippen molar-refractivity contribution in [3.63, 3.8) is 0 Å². The minimum Gasteiger partial charge on any atom is -0.500 e. The predicted molar refractivity (Wildman–Crippen MR) is 217 cm³/mol. The van der Waals surface area contributed by atoms with E-state index in [1.165, 1.54) is 17.0 Å². The Morgan fingerprint density at radius 1 is 0.685 bits per heavy atom. The van der Waals surface area contributed by atoms with Crippen LogP contribution in [0.2, 0.25) is 0 Å². The van der Waals surface area contributed by atoms with Crippen molar-refractivity contribution < 1.29 is 28.6 Å². The van der Waals surface area contributed by atoms with Crippen molar-refractivity contribution in [3.05, 3.63) is 169 Å². The maximum atomic E-state index is 7.23. The van der Waals surface area contributed by atoms with E-state index in [0.717, 1.165) is 77.6 Å². The third-order valence-corrected chi connectivity index (χ3v) is 9.67. The van der Waals surface area contributed by atoms with Crippen molar-refractivity contribution in [1.82, 2.24) is 19.5 Å². The number of pyridine rings is 2. The SMILES string of the molecule is CC(C)(C)c1cncc2c1nc(-c1[c-]ccc3c1oc1c3ccc3ccc4ccccc4c31)n2-c1ccccc1.[2H]C([2H])([2H])c1ccc(-c2[c-]cccc2)nc1.[Ir]. The van der Waals surface area contributed by atoms with E-state index < -0.39 is 6.85 Å². The van der Waals surface area contributed by atoms with Crippen LogP contribution in [-0.2, 0) is 25.5 Å². The second kappa shape index (κ2) is 14.1. The van der Waals surface area contributed by atoms with Crippen LogP contribution in [0, 0.1) is 19.0 Å². The topological polar surface area (TPSA) is 56.7 Å². The van der Waals surface area contributed by atoms with E-state index >= 15 is 0 Å². The summed E-state index contributed by atoms with van der Waals surface area (Å²) in [6, 6.07) is 48.9. The summed E-state index contributed by atoms with van der Waals surface area (Å²) in [5, 5.41) is 6.82. The molecule has 0 saturated carbocycles. The standard InChI is InChI=1S/C36H26N3O.C12H10N.Ir/c1-36(2,3)29-20-37-21-30-32(29)38-35(39(30)24-11-5-4-6-12-24)28-15-9-14-26-27-19-18-23-17-16-22-10-7-8-13-25(22)31(23)34(27)40-33(26)28;1-10-7-8-12(13-9-10)11-5-3-2-4-6-11;/h4-14,16-21H,1-3H3;2-5,7-9H,1H3;/q2*-1;/i;1D3;. The summed E-state index contributed by atoms with van der Waals surface area (Å²) in [5.74, 6) is 0.790. The van der Waals surface area contributed by atoms with E-state index in [9.17, 15) is 0 Å². The first-order chi connectivity index (χ1) is 27.1. The molecule has 54 heavy (non-hydrogen) atoms. The number of hydrogen-bond donors (Lipinski definition) is 0. The summed E-state index contributed by atoms with van der Waals surface area (Å²) in [4.78, 5) is 14.1. The van der Waals surface area contributed by atoms with E-state index in [2.05, 4.69) is 126 Å². The van der Waals surface area contributed by atoms with Crippen LogP contribution in [0.4, 0.5) is 0 Å². The Bertz CT molecular complexity index is 3040. The van der Waals surface area contributed by atoms with Crippen LogP contribution in [-0.4, -0.2) is 19.5 Å². The first-order valence-corrected chi connectivity index (χ1v) is 17.6. The van der Waals surface area contributed by atoms with Gasteiger partial charge in [0.1, 0.15) is 5.58 Å². The van der Waals surface area contributed by atoms with Crippen molar-refractivity contribution >= 4 is 54.5 Å². The maximum absolute atomic E-state index is 7.23. The Morgan fingerprint density at radius 2 is 1.46 bits per heavy atom. The molecule has 10 aromatic rings. The van der Waals surface area contributed by atoms with Crippen LogP contribution in [0.25, 0.3) is 82.8 Å². The number of fused-ring (bicyclic) bond motifs is 8. The molecule has 0 amide bonds. The largest absolute Gasteiger partial charge is 0.500 e. The molecule has 0 fully saturated rings. The number of nitrogens with zero attached hydrogens (tertiary/aromatic N) is 4. The Morgan fingerprint density at radius 3 is 2.24 bits per heavy atom. The number of benzene rings is 6. The van der Waals surface area contributed by atoms with Crippen LogP contribution in [0.1, 0.15) is 36.0 Å².